The average Bonchev–Trinajstić information content (AvgIpc) is 2.11. The second kappa shape index (κ2) is 4.98. The molecule has 0 radical (unpaired) electrons. The minimum absolute atomic E-state index is 0.122. The van der Waals surface area contributed by atoms with Gasteiger partial charge in [0.05, 0.1) is 9.40 Å². The number of rotatable bonds is 2. The number of isocyanates is 1. The van der Waals surface area contributed by atoms with Crippen LogP contribution < -0.4 is 0 Å². The summed E-state index contributed by atoms with van der Waals surface area (Å²) >= 11 is 9.18. The largest absolute Gasteiger partial charge is 0.299 e. The molecule has 0 aliphatic rings. The van der Waals surface area contributed by atoms with Crippen LogP contribution in [0, 0.1) is 10.1 Å². The normalized spacial score (nSPS) is 9.53. The average molecular weight is 401 g/mol. The summed E-state index contributed by atoms with van der Waals surface area (Å²) < 4.78 is 0.864. The molecule has 0 aliphatic heterocycles. The van der Waals surface area contributed by atoms with Crippen molar-refractivity contribution < 1.29 is 9.72 Å². The van der Waals surface area contributed by atoms with Crippen LogP contribution in [0.2, 0.25) is 0 Å². The van der Waals surface area contributed by atoms with Crippen LogP contribution in [0.1, 0.15) is 0 Å². The number of halogens is 3. The molecular weight excluding hydrogens is 400 g/mol. The smallest absolute Gasteiger partial charge is 0.258 e. The van der Waals surface area contributed by atoms with Crippen molar-refractivity contribution in [3.05, 3.63) is 29.6 Å². The third kappa shape index (κ3) is 2.52. The summed E-state index contributed by atoms with van der Waals surface area (Å²) in [7, 11) is 0. The predicted octanol–water partition coefficient (Wildman–Crippen LogP) is 3.85. The van der Waals surface area contributed by atoms with Gasteiger partial charge in [-0.3, -0.25) is 10.1 Å². The van der Waals surface area contributed by atoms with E-state index in [0.717, 1.165) is 0 Å². The van der Waals surface area contributed by atoms with E-state index in [2.05, 4.69) is 52.8 Å². The van der Waals surface area contributed by atoms with Gasteiger partial charge in [0.2, 0.25) is 6.08 Å². The zero-order chi connectivity index (χ0) is 11.6. The number of benzene rings is 1. The summed E-state index contributed by atoms with van der Waals surface area (Å²) in [6.07, 6.45) is 1.33. The second-order valence-electron chi connectivity index (χ2n) is 2.31. The maximum absolute atomic E-state index is 10.7. The number of aliphatic imine (C=N–C) groups is 1. The maximum atomic E-state index is 10.7. The van der Waals surface area contributed by atoms with Gasteiger partial charge in [-0.2, -0.15) is 4.99 Å². The van der Waals surface area contributed by atoms with Crippen molar-refractivity contribution >= 4 is 65.2 Å². The number of nitrogens with zero attached hydrogens (tertiary/aromatic N) is 2. The molecule has 78 valence electrons. The lowest BCUT2D eigenvalue weighted by atomic mass is 10.3. The maximum Gasteiger partial charge on any atom is 0.299 e. The van der Waals surface area contributed by atoms with Crippen LogP contribution in [0.15, 0.2) is 24.5 Å². The van der Waals surface area contributed by atoms with Gasteiger partial charge in [-0.25, -0.2) is 4.79 Å². The molecule has 0 N–H and O–H groups in total. The summed E-state index contributed by atoms with van der Waals surface area (Å²) in [5.74, 6) is 0. The third-order valence-electron chi connectivity index (χ3n) is 1.46. The van der Waals surface area contributed by atoms with Crippen LogP contribution in [0.25, 0.3) is 0 Å². The summed E-state index contributed by atoms with van der Waals surface area (Å²) in [5.41, 5.74) is -0.0490. The molecule has 0 aliphatic carbocycles. The Bertz CT molecular complexity index is 457. The van der Waals surface area contributed by atoms with E-state index in [1.807, 2.05) is 0 Å². The Labute approximate surface area is 109 Å². The summed E-state index contributed by atoms with van der Waals surface area (Å²) in [6, 6.07) is 1.44. The molecule has 5 nitrogen and oxygen atoms in total. The fraction of sp³-hybridized carbons (Fsp3) is 0. The predicted molar refractivity (Wildman–Crippen MR) is 64.0 cm³/mol. The SMILES string of the molecule is O=C=Nc1c(Br)cc(Br)c([N+](=O)[O-])c1Br. The lowest BCUT2D eigenvalue weighted by Crippen LogP contribution is -1.91. The van der Waals surface area contributed by atoms with Gasteiger partial charge in [-0.05, 0) is 53.9 Å². The van der Waals surface area contributed by atoms with E-state index in [0.29, 0.717) is 4.47 Å². The number of hydrogen-bond acceptors (Lipinski definition) is 4. The number of carbonyl (C=O) groups excluding carboxylic acids is 1. The molecule has 0 heterocycles. The summed E-state index contributed by atoms with van der Waals surface area (Å²) in [5, 5.41) is 10.7. The van der Waals surface area contributed by atoms with Gasteiger partial charge in [-0.15, -0.1) is 0 Å². The molecule has 0 unspecified atom stereocenters. The van der Waals surface area contributed by atoms with Gasteiger partial charge in [0.25, 0.3) is 5.69 Å². The fourth-order valence-electron chi connectivity index (χ4n) is 0.885. The van der Waals surface area contributed by atoms with Crippen LogP contribution in [0.4, 0.5) is 11.4 Å². The van der Waals surface area contributed by atoms with E-state index in [1.165, 1.54) is 12.1 Å². The highest BCUT2D eigenvalue weighted by molar-refractivity contribution is 9.11. The van der Waals surface area contributed by atoms with Gasteiger partial charge in [0.15, 0.2) is 0 Å². The highest BCUT2D eigenvalue weighted by Crippen LogP contribution is 2.44. The van der Waals surface area contributed by atoms with Gasteiger partial charge in [-0.1, -0.05) is 0 Å². The molecule has 15 heavy (non-hydrogen) atoms. The van der Waals surface area contributed by atoms with Crippen molar-refractivity contribution in [3.63, 3.8) is 0 Å². The Morgan fingerprint density at radius 3 is 2.40 bits per heavy atom. The van der Waals surface area contributed by atoms with Crippen molar-refractivity contribution in [3.8, 4) is 0 Å². The van der Waals surface area contributed by atoms with E-state index in [4.69, 9.17) is 0 Å². The molecule has 0 bridgehead atoms. The Balaban J connectivity index is 3.63. The Morgan fingerprint density at radius 2 is 1.93 bits per heavy atom. The van der Waals surface area contributed by atoms with Crippen molar-refractivity contribution in [1.82, 2.24) is 0 Å². The van der Waals surface area contributed by atoms with E-state index in [9.17, 15) is 14.9 Å². The summed E-state index contributed by atoms with van der Waals surface area (Å²) in [4.78, 5) is 23.6. The van der Waals surface area contributed by atoms with Crippen LogP contribution >= 0.6 is 47.8 Å². The molecule has 0 saturated carbocycles. The third-order valence-corrected chi connectivity index (χ3v) is 3.42. The summed E-state index contributed by atoms with van der Waals surface area (Å²) in [6.45, 7) is 0. The number of nitro groups is 1. The molecule has 0 spiro atoms. The van der Waals surface area contributed by atoms with Crippen LogP contribution in [0.5, 0.6) is 0 Å². The lowest BCUT2D eigenvalue weighted by molar-refractivity contribution is -0.386. The van der Waals surface area contributed by atoms with E-state index < -0.39 is 4.92 Å². The molecule has 0 saturated heterocycles. The standard InChI is InChI=1S/C7HBr3N2O3/c8-3-1-4(9)7(12(14)15)5(10)6(3)11-2-13/h1H. The molecule has 0 atom stereocenters. The quantitative estimate of drug-likeness (QED) is 0.327. The minimum atomic E-state index is -0.579. The molecule has 0 aromatic heterocycles. The first-order valence-corrected chi connectivity index (χ1v) is 5.76. The zero-order valence-electron chi connectivity index (χ0n) is 6.83. The molecular formula is C7HBr3N2O3. The molecule has 0 amide bonds. The fourth-order valence-corrected chi connectivity index (χ4v) is 3.47. The van der Waals surface area contributed by atoms with Gasteiger partial charge >= 0.3 is 0 Å². The molecule has 1 aromatic carbocycles. The molecule has 0 fully saturated rings. The lowest BCUT2D eigenvalue weighted by Gasteiger charge is -2.03. The van der Waals surface area contributed by atoms with Crippen LogP contribution in [-0.2, 0) is 4.79 Å². The Morgan fingerprint density at radius 1 is 1.33 bits per heavy atom. The highest BCUT2D eigenvalue weighted by atomic mass is 79.9. The van der Waals surface area contributed by atoms with Crippen LogP contribution in [0.3, 0.4) is 0 Å². The molecule has 1 rings (SSSR count). The first-order valence-electron chi connectivity index (χ1n) is 3.38. The number of hydrogen-bond donors (Lipinski definition) is 0. The minimum Gasteiger partial charge on any atom is -0.258 e. The van der Waals surface area contributed by atoms with E-state index in [1.54, 1.807) is 0 Å². The first kappa shape index (κ1) is 12.5. The Kier molecular flexibility index (Phi) is 4.15. The van der Waals surface area contributed by atoms with Crippen molar-refractivity contribution in [2.75, 3.05) is 0 Å². The molecule has 1 aromatic rings. The monoisotopic (exact) mass is 398 g/mol. The van der Waals surface area contributed by atoms with Crippen molar-refractivity contribution in [1.29, 1.82) is 0 Å². The molecule has 8 heteroatoms. The van der Waals surface area contributed by atoms with Gasteiger partial charge in [0.1, 0.15) is 10.2 Å². The zero-order valence-corrected chi connectivity index (χ0v) is 11.6. The van der Waals surface area contributed by atoms with Gasteiger partial charge < -0.3 is 0 Å². The second-order valence-corrected chi connectivity index (χ2v) is 4.81. The van der Waals surface area contributed by atoms with Crippen molar-refractivity contribution in [2.24, 2.45) is 4.99 Å². The van der Waals surface area contributed by atoms with Crippen LogP contribution in [-0.4, -0.2) is 11.0 Å². The number of nitro benzene ring substituents is 1. The van der Waals surface area contributed by atoms with Gasteiger partial charge in [0, 0.05) is 4.47 Å². The topological polar surface area (TPSA) is 72.6 Å². The first-order chi connectivity index (χ1) is 6.99. The highest BCUT2D eigenvalue weighted by Gasteiger charge is 2.22. The van der Waals surface area contributed by atoms with Crippen molar-refractivity contribution in [2.45, 2.75) is 0 Å². The Hall–Kier alpha value is -0.560. The van der Waals surface area contributed by atoms with E-state index in [-0.39, 0.29) is 20.3 Å². The van der Waals surface area contributed by atoms with E-state index >= 15 is 0 Å².